The maximum Gasteiger partial charge on any atom is 0.0167 e. The summed E-state index contributed by atoms with van der Waals surface area (Å²) in [6, 6.07) is 17.0. The van der Waals surface area contributed by atoms with Crippen molar-refractivity contribution in [3.05, 3.63) is 65.4 Å². The normalized spacial score (nSPS) is 17.5. The van der Waals surface area contributed by atoms with Crippen molar-refractivity contribution in [1.29, 1.82) is 0 Å². The maximum absolute atomic E-state index is 4.77. The Morgan fingerprint density at radius 3 is 2.07 bits per heavy atom. The molecule has 0 saturated heterocycles. The van der Waals surface area contributed by atoms with Crippen molar-refractivity contribution >= 4 is 10.8 Å². The molecule has 0 unspecified atom stereocenters. The molecule has 0 N–H and O–H groups in total. The van der Waals surface area contributed by atoms with E-state index in [4.69, 9.17) is 4.98 Å². The van der Waals surface area contributed by atoms with E-state index in [0.717, 1.165) is 11.3 Å². The molecule has 0 spiro atoms. The number of nitrogens with zero attached hydrogens (tertiary/aromatic N) is 1. The topological polar surface area (TPSA) is 12.9 Å². The Labute approximate surface area is 189 Å². The third kappa shape index (κ3) is 3.94. The van der Waals surface area contributed by atoms with E-state index in [0.29, 0.717) is 0 Å². The first kappa shape index (κ1) is 22.2. The van der Waals surface area contributed by atoms with Gasteiger partial charge in [0.2, 0.25) is 0 Å². The van der Waals surface area contributed by atoms with Gasteiger partial charge in [0.05, 0.1) is 0 Å². The molecular weight excluding hydrogens is 531 g/mol. The molecule has 0 atom stereocenters. The van der Waals surface area contributed by atoms with Crippen LogP contribution in [-0.4, -0.2) is 4.98 Å². The van der Waals surface area contributed by atoms with E-state index in [9.17, 15) is 0 Å². The summed E-state index contributed by atoms with van der Waals surface area (Å²) in [6.45, 7) is 16.2. The predicted molar refractivity (Wildman–Crippen MR) is 120 cm³/mol. The number of pyridine rings is 1. The van der Waals surface area contributed by atoms with Crippen molar-refractivity contribution in [2.75, 3.05) is 0 Å². The predicted octanol–water partition coefficient (Wildman–Crippen LogP) is 7.35. The van der Waals surface area contributed by atoms with Gasteiger partial charge in [0.15, 0.2) is 0 Å². The van der Waals surface area contributed by atoms with E-state index in [1.807, 2.05) is 6.20 Å². The van der Waals surface area contributed by atoms with Crippen molar-refractivity contribution in [2.24, 2.45) is 0 Å². The monoisotopic (exact) mass is 563 g/mol. The summed E-state index contributed by atoms with van der Waals surface area (Å²) in [7, 11) is 0. The Morgan fingerprint density at radius 2 is 1.52 bits per heavy atom. The van der Waals surface area contributed by atoms with Gasteiger partial charge in [0.1, 0.15) is 0 Å². The number of benzene rings is 2. The third-order valence-corrected chi connectivity index (χ3v) is 6.67. The van der Waals surface area contributed by atoms with E-state index in [1.54, 1.807) is 0 Å². The summed E-state index contributed by atoms with van der Waals surface area (Å²) in [6.07, 6.45) is 4.40. The number of aromatic nitrogens is 1. The minimum atomic E-state index is 0. The van der Waals surface area contributed by atoms with Crippen LogP contribution in [0.25, 0.3) is 22.0 Å². The summed E-state index contributed by atoms with van der Waals surface area (Å²) >= 11 is 0. The Hall–Kier alpha value is -1.50. The molecule has 155 valence electrons. The van der Waals surface area contributed by atoms with Gasteiger partial charge in [-0.1, -0.05) is 60.6 Å². The molecule has 1 radical (unpaired) electrons. The minimum absolute atomic E-state index is 0. The molecule has 1 aliphatic rings. The van der Waals surface area contributed by atoms with Crippen LogP contribution in [0.3, 0.4) is 0 Å². The standard InChI is InChI=1S/C27H32N.Ir/c1-25(2,3)20-10-8-18(9-11-20)24-21-17-23-22(16-19(21)12-15-28-24)26(4,5)13-14-27(23,6)7;/h8,10-12,15-17H,13-14H2,1-7H3;/q-1;. The van der Waals surface area contributed by atoms with Gasteiger partial charge in [-0.2, -0.15) is 0 Å². The number of fused-ring (bicyclic) bond motifs is 2. The molecule has 0 bridgehead atoms. The van der Waals surface area contributed by atoms with Crippen LogP contribution in [-0.2, 0) is 36.4 Å². The summed E-state index contributed by atoms with van der Waals surface area (Å²) < 4.78 is 0. The van der Waals surface area contributed by atoms with Gasteiger partial charge in [0, 0.05) is 26.3 Å². The SMILES string of the molecule is CC(C)(C)c1c[c-]c(-c2nccc3cc4c(cc23)C(C)(C)CCC4(C)C)cc1.[Ir]. The molecule has 0 aliphatic heterocycles. The van der Waals surface area contributed by atoms with E-state index in [-0.39, 0.29) is 36.4 Å². The number of rotatable bonds is 1. The van der Waals surface area contributed by atoms with E-state index >= 15 is 0 Å². The molecule has 0 amide bonds. The first-order valence-electron chi connectivity index (χ1n) is 10.5. The summed E-state index contributed by atoms with van der Waals surface area (Å²) in [4.78, 5) is 4.77. The first-order chi connectivity index (χ1) is 13.0. The number of hydrogen-bond acceptors (Lipinski definition) is 1. The molecule has 4 rings (SSSR count). The van der Waals surface area contributed by atoms with Crippen LogP contribution >= 0.6 is 0 Å². The van der Waals surface area contributed by atoms with Gasteiger partial charge < -0.3 is 4.98 Å². The smallest absolute Gasteiger partial charge is 0.0167 e. The average molecular weight is 563 g/mol. The van der Waals surface area contributed by atoms with Crippen LogP contribution in [0.4, 0.5) is 0 Å². The zero-order valence-electron chi connectivity index (χ0n) is 18.7. The van der Waals surface area contributed by atoms with Crippen LogP contribution in [0.5, 0.6) is 0 Å². The molecular formula is C27H32IrN-. The Bertz CT molecular complexity index is 1040. The molecule has 3 aromatic rings. The van der Waals surface area contributed by atoms with Crippen molar-refractivity contribution in [3.8, 4) is 11.3 Å². The second kappa shape index (κ2) is 7.33. The van der Waals surface area contributed by atoms with Gasteiger partial charge >= 0.3 is 0 Å². The van der Waals surface area contributed by atoms with Gasteiger partial charge in [-0.15, -0.1) is 35.4 Å². The molecule has 1 aliphatic carbocycles. The fourth-order valence-corrected chi connectivity index (χ4v) is 4.49. The molecule has 0 saturated carbocycles. The average Bonchev–Trinajstić information content (AvgIpc) is 2.63. The fraction of sp³-hybridized carbons (Fsp3) is 0.444. The summed E-state index contributed by atoms with van der Waals surface area (Å²) in [5.74, 6) is 0. The van der Waals surface area contributed by atoms with E-state index < -0.39 is 0 Å². The van der Waals surface area contributed by atoms with Crippen LogP contribution < -0.4 is 0 Å². The van der Waals surface area contributed by atoms with E-state index in [2.05, 4.69) is 90.9 Å². The zero-order chi connectivity index (χ0) is 20.3. The second-order valence-electron chi connectivity index (χ2n) is 10.8. The van der Waals surface area contributed by atoms with Gasteiger partial charge in [-0.05, 0) is 62.7 Å². The summed E-state index contributed by atoms with van der Waals surface area (Å²) in [5.41, 5.74) is 6.96. The van der Waals surface area contributed by atoms with Crippen LogP contribution in [0.15, 0.2) is 42.6 Å². The Balaban J connectivity index is 0.00000240. The zero-order valence-corrected chi connectivity index (χ0v) is 21.1. The maximum atomic E-state index is 4.77. The van der Waals surface area contributed by atoms with Gasteiger partial charge in [0.25, 0.3) is 0 Å². The van der Waals surface area contributed by atoms with Crippen LogP contribution in [0.1, 0.15) is 78.0 Å². The molecule has 1 aromatic heterocycles. The fourth-order valence-electron chi connectivity index (χ4n) is 4.49. The van der Waals surface area contributed by atoms with Crippen molar-refractivity contribution in [3.63, 3.8) is 0 Å². The molecule has 2 heteroatoms. The molecule has 29 heavy (non-hydrogen) atoms. The Kier molecular flexibility index (Phi) is 5.61. The van der Waals surface area contributed by atoms with Crippen molar-refractivity contribution in [2.45, 2.75) is 77.6 Å². The van der Waals surface area contributed by atoms with Crippen molar-refractivity contribution < 1.29 is 20.1 Å². The third-order valence-electron chi connectivity index (χ3n) is 6.67. The minimum Gasteiger partial charge on any atom is -0.304 e. The van der Waals surface area contributed by atoms with E-state index in [1.165, 1.54) is 40.3 Å². The molecule has 1 heterocycles. The first-order valence-corrected chi connectivity index (χ1v) is 10.5. The quantitative estimate of drug-likeness (QED) is 0.283. The molecule has 0 fully saturated rings. The Morgan fingerprint density at radius 1 is 0.897 bits per heavy atom. The summed E-state index contributed by atoms with van der Waals surface area (Å²) in [5, 5.41) is 2.52. The van der Waals surface area contributed by atoms with Crippen molar-refractivity contribution in [1.82, 2.24) is 4.98 Å². The van der Waals surface area contributed by atoms with Gasteiger partial charge in [-0.3, -0.25) is 0 Å². The van der Waals surface area contributed by atoms with Crippen LogP contribution in [0, 0.1) is 6.07 Å². The largest absolute Gasteiger partial charge is 0.304 e. The van der Waals surface area contributed by atoms with Crippen LogP contribution in [0.2, 0.25) is 0 Å². The molecule has 1 nitrogen and oxygen atoms in total. The number of hydrogen-bond donors (Lipinski definition) is 0. The van der Waals surface area contributed by atoms with Gasteiger partial charge in [-0.25, -0.2) is 0 Å². The second-order valence-corrected chi connectivity index (χ2v) is 10.8. The molecule has 2 aromatic carbocycles.